The van der Waals surface area contributed by atoms with Crippen molar-refractivity contribution in [2.45, 2.75) is 45.1 Å². The molecule has 32 heavy (non-hydrogen) atoms. The fourth-order valence-electron chi connectivity index (χ4n) is 3.99. The van der Waals surface area contributed by atoms with Gasteiger partial charge in [-0.25, -0.2) is 4.39 Å². The van der Waals surface area contributed by atoms with E-state index in [1.54, 1.807) is 30.3 Å². The van der Waals surface area contributed by atoms with Gasteiger partial charge in [0.25, 0.3) is 5.91 Å². The number of hydrogen-bond acceptors (Lipinski definition) is 4. The van der Waals surface area contributed by atoms with Crippen molar-refractivity contribution >= 4 is 23.2 Å². The van der Waals surface area contributed by atoms with E-state index < -0.39 is 5.82 Å². The van der Waals surface area contributed by atoms with E-state index in [1.807, 2.05) is 4.57 Å². The van der Waals surface area contributed by atoms with Crippen LogP contribution >= 0.6 is 0 Å². The Labute approximate surface area is 185 Å². The summed E-state index contributed by atoms with van der Waals surface area (Å²) in [6.07, 6.45) is 5.82. The molecule has 0 atom stereocenters. The summed E-state index contributed by atoms with van der Waals surface area (Å²) >= 11 is 0. The monoisotopic (exact) mass is 433 g/mol. The van der Waals surface area contributed by atoms with Crippen molar-refractivity contribution in [3.63, 3.8) is 0 Å². The summed E-state index contributed by atoms with van der Waals surface area (Å²) in [6.45, 7) is 0.757. The molecule has 5 rings (SSSR count). The van der Waals surface area contributed by atoms with E-state index in [0.29, 0.717) is 28.3 Å². The summed E-state index contributed by atoms with van der Waals surface area (Å²) in [4.78, 5) is 24.8. The molecule has 1 aromatic heterocycles. The number of anilines is 2. The minimum Gasteiger partial charge on any atom is -0.326 e. The van der Waals surface area contributed by atoms with Gasteiger partial charge in [0.05, 0.1) is 5.56 Å². The van der Waals surface area contributed by atoms with Crippen LogP contribution in [-0.4, -0.2) is 26.6 Å². The van der Waals surface area contributed by atoms with Crippen LogP contribution in [0.5, 0.6) is 0 Å². The van der Waals surface area contributed by atoms with Gasteiger partial charge in [0.2, 0.25) is 5.91 Å². The Morgan fingerprint density at radius 3 is 2.66 bits per heavy atom. The van der Waals surface area contributed by atoms with Crippen molar-refractivity contribution < 1.29 is 14.0 Å². The summed E-state index contributed by atoms with van der Waals surface area (Å²) in [5, 5.41) is 14.1. The number of hydrogen-bond donors (Lipinski definition) is 2. The molecule has 8 heteroatoms. The number of aromatic nitrogens is 3. The molecular formula is C24H24FN5O2. The first-order valence-electron chi connectivity index (χ1n) is 11.0. The molecule has 0 saturated heterocycles. The highest BCUT2D eigenvalue weighted by atomic mass is 19.1. The molecule has 2 heterocycles. The summed E-state index contributed by atoms with van der Waals surface area (Å²) in [7, 11) is 0. The number of halogens is 1. The van der Waals surface area contributed by atoms with Crippen molar-refractivity contribution in [1.29, 1.82) is 0 Å². The van der Waals surface area contributed by atoms with Gasteiger partial charge >= 0.3 is 0 Å². The van der Waals surface area contributed by atoms with Crippen LogP contribution in [0.1, 0.15) is 48.3 Å². The maximum Gasteiger partial charge on any atom is 0.255 e. The first-order valence-corrected chi connectivity index (χ1v) is 11.0. The minimum absolute atomic E-state index is 0.0156. The zero-order valence-corrected chi connectivity index (χ0v) is 17.6. The molecule has 2 N–H and O–H groups in total. The largest absolute Gasteiger partial charge is 0.326 e. The molecule has 0 spiro atoms. The van der Waals surface area contributed by atoms with Crippen molar-refractivity contribution in [1.82, 2.24) is 14.8 Å². The van der Waals surface area contributed by atoms with Gasteiger partial charge < -0.3 is 15.2 Å². The van der Waals surface area contributed by atoms with Crippen molar-refractivity contribution in [3.8, 4) is 11.4 Å². The van der Waals surface area contributed by atoms with Crippen molar-refractivity contribution in [2.75, 3.05) is 10.6 Å². The molecule has 3 aromatic rings. The van der Waals surface area contributed by atoms with Gasteiger partial charge in [0.15, 0.2) is 5.82 Å². The highest BCUT2D eigenvalue weighted by Gasteiger charge is 2.29. The van der Waals surface area contributed by atoms with Gasteiger partial charge in [-0.2, -0.15) is 0 Å². The number of benzene rings is 2. The average molecular weight is 433 g/mol. The Hall–Kier alpha value is -3.55. The maximum atomic E-state index is 14.7. The number of rotatable bonds is 5. The third kappa shape index (κ3) is 4.26. The Morgan fingerprint density at radius 2 is 1.81 bits per heavy atom. The number of fused-ring (bicyclic) bond motifs is 1. The van der Waals surface area contributed by atoms with Gasteiger partial charge in [-0.3, -0.25) is 9.59 Å². The highest BCUT2D eigenvalue weighted by Crippen LogP contribution is 2.30. The normalized spacial score (nSPS) is 15.5. The van der Waals surface area contributed by atoms with Gasteiger partial charge in [0.1, 0.15) is 11.6 Å². The lowest BCUT2D eigenvalue weighted by atomic mass is 10.1. The van der Waals surface area contributed by atoms with Gasteiger partial charge in [0, 0.05) is 35.8 Å². The third-order valence-electron chi connectivity index (χ3n) is 5.92. The summed E-state index contributed by atoms with van der Waals surface area (Å²) in [6, 6.07) is 11.2. The van der Waals surface area contributed by atoms with Crippen LogP contribution in [0.4, 0.5) is 15.8 Å². The molecule has 1 saturated carbocycles. The quantitative estimate of drug-likeness (QED) is 0.624. The molecule has 7 nitrogen and oxygen atoms in total. The van der Waals surface area contributed by atoms with E-state index in [2.05, 4.69) is 20.8 Å². The van der Waals surface area contributed by atoms with E-state index in [4.69, 9.17) is 0 Å². The van der Waals surface area contributed by atoms with E-state index >= 15 is 0 Å². The summed E-state index contributed by atoms with van der Waals surface area (Å²) < 4.78 is 16.7. The standard InChI is InChI=1S/C24H24FN5O2/c25-20-11-10-18(14-19(20)22-29-28-21-7-2-1-3-12-30(21)22)27-24(32)16-5-4-6-17(13-16)26-23(31)15-8-9-15/h4-6,10-11,13-15H,1-3,7-9,12H2,(H,26,31)(H,27,32). The molecule has 0 bridgehead atoms. The second-order valence-electron chi connectivity index (χ2n) is 8.40. The van der Waals surface area contributed by atoms with E-state index in [9.17, 15) is 14.0 Å². The van der Waals surface area contributed by atoms with Gasteiger partial charge in [-0.15, -0.1) is 10.2 Å². The minimum atomic E-state index is -0.410. The van der Waals surface area contributed by atoms with Crippen molar-refractivity contribution in [2.24, 2.45) is 5.92 Å². The topological polar surface area (TPSA) is 88.9 Å². The zero-order valence-electron chi connectivity index (χ0n) is 17.6. The lowest BCUT2D eigenvalue weighted by Crippen LogP contribution is -2.15. The smallest absolute Gasteiger partial charge is 0.255 e. The molecule has 1 aliphatic heterocycles. The Bertz CT molecular complexity index is 1180. The molecule has 1 fully saturated rings. The molecule has 2 aromatic carbocycles. The Kier molecular flexibility index (Phi) is 5.43. The number of amides is 2. The molecular weight excluding hydrogens is 409 g/mol. The van der Waals surface area contributed by atoms with Crippen LogP contribution in [0.15, 0.2) is 42.5 Å². The maximum absolute atomic E-state index is 14.7. The van der Waals surface area contributed by atoms with E-state index in [0.717, 1.165) is 50.9 Å². The zero-order chi connectivity index (χ0) is 22.1. The first kappa shape index (κ1) is 20.4. The van der Waals surface area contributed by atoms with Gasteiger partial charge in [-0.05, 0) is 62.1 Å². The van der Waals surface area contributed by atoms with Crippen LogP contribution in [0.2, 0.25) is 0 Å². The molecule has 0 radical (unpaired) electrons. The SMILES string of the molecule is O=C(Nc1ccc(F)c(-c2nnc3n2CCCCC3)c1)c1cccc(NC(=O)C2CC2)c1. The number of carbonyl (C=O) groups excluding carboxylic acids is 2. The fourth-order valence-corrected chi connectivity index (χ4v) is 3.99. The van der Waals surface area contributed by atoms with Crippen LogP contribution < -0.4 is 10.6 Å². The third-order valence-corrected chi connectivity index (χ3v) is 5.92. The predicted molar refractivity (Wildman–Crippen MR) is 119 cm³/mol. The lowest BCUT2D eigenvalue weighted by Gasteiger charge is -2.11. The number of nitrogens with zero attached hydrogens (tertiary/aromatic N) is 3. The van der Waals surface area contributed by atoms with Crippen LogP contribution in [-0.2, 0) is 17.8 Å². The predicted octanol–water partition coefficient (Wildman–Crippen LogP) is 4.41. The van der Waals surface area contributed by atoms with Crippen LogP contribution in [0.25, 0.3) is 11.4 Å². The number of aryl methyl sites for hydroxylation is 1. The van der Waals surface area contributed by atoms with Gasteiger partial charge in [-0.1, -0.05) is 12.5 Å². The number of carbonyl (C=O) groups is 2. The Morgan fingerprint density at radius 1 is 0.969 bits per heavy atom. The Balaban J connectivity index is 1.36. The second kappa shape index (κ2) is 8.53. The van der Waals surface area contributed by atoms with E-state index in [-0.39, 0.29) is 17.7 Å². The van der Waals surface area contributed by atoms with E-state index in [1.165, 1.54) is 12.1 Å². The first-order chi connectivity index (χ1) is 15.6. The average Bonchev–Trinajstić information content (AvgIpc) is 3.60. The fraction of sp³-hybridized carbons (Fsp3) is 0.333. The van der Waals surface area contributed by atoms with Crippen LogP contribution in [0.3, 0.4) is 0 Å². The molecule has 2 amide bonds. The van der Waals surface area contributed by atoms with Crippen molar-refractivity contribution in [3.05, 3.63) is 59.7 Å². The second-order valence-corrected chi connectivity index (χ2v) is 8.40. The van der Waals surface area contributed by atoms with Crippen LogP contribution in [0, 0.1) is 11.7 Å². The lowest BCUT2D eigenvalue weighted by molar-refractivity contribution is -0.117. The number of nitrogens with one attached hydrogen (secondary N) is 2. The highest BCUT2D eigenvalue weighted by molar-refractivity contribution is 6.05. The molecule has 2 aliphatic rings. The summed E-state index contributed by atoms with van der Waals surface area (Å²) in [5.41, 5.74) is 1.76. The summed E-state index contributed by atoms with van der Waals surface area (Å²) in [5.74, 6) is 0.671. The molecule has 164 valence electrons. The molecule has 1 aliphatic carbocycles. The molecule has 0 unspecified atom stereocenters.